The van der Waals surface area contributed by atoms with Gasteiger partial charge in [0, 0.05) is 6.42 Å². The molecule has 7 heteroatoms. The summed E-state index contributed by atoms with van der Waals surface area (Å²) in [6, 6.07) is 15.4. The van der Waals surface area contributed by atoms with Crippen LogP contribution >= 0.6 is 11.3 Å². The molecular weight excluding hydrogens is 398 g/mol. The van der Waals surface area contributed by atoms with Crippen molar-refractivity contribution in [2.75, 3.05) is 7.11 Å². The van der Waals surface area contributed by atoms with Crippen LogP contribution in [0, 0.1) is 0 Å². The van der Waals surface area contributed by atoms with Gasteiger partial charge in [-0.3, -0.25) is 9.59 Å². The van der Waals surface area contributed by atoms with E-state index in [-0.39, 0.29) is 11.3 Å². The van der Waals surface area contributed by atoms with Gasteiger partial charge in [-0.1, -0.05) is 61.6 Å². The number of ether oxygens (including phenoxy) is 1. The van der Waals surface area contributed by atoms with Crippen molar-refractivity contribution >= 4 is 22.4 Å². The maximum absolute atomic E-state index is 12.8. The standard InChI is InChI=1S/C23H21N3O3S/c1-14(2)17-8-4-16(5-9-17)13-20-22(28)26-23(30-20)24-21(27)19(25-26)12-15-6-10-18(29-3)11-7-15/h4-11,13-14H,12H2,1-3H3. The summed E-state index contributed by atoms with van der Waals surface area (Å²) < 4.78 is 6.86. The lowest BCUT2D eigenvalue weighted by molar-refractivity contribution is 0.414. The van der Waals surface area contributed by atoms with Crippen LogP contribution in [-0.4, -0.2) is 21.7 Å². The first-order valence-electron chi connectivity index (χ1n) is 9.62. The molecule has 30 heavy (non-hydrogen) atoms. The van der Waals surface area contributed by atoms with Crippen molar-refractivity contribution in [2.24, 2.45) is 0 Å². The number of methoxy groups -OCH3 is 1. The lowest BCUT2D eigenvalue weighted by Crippen LogP contribution is -2.28. The SMILES string of the molecule is COc1ccc(Cc2nn3c(=O)c(=Cc4ccc(C(C)C)cc4)sc3nc2=O)cc1. The third-order valence-electron chi connectivity index (χ3n) is 4.88. The average Bonchev–Trinajstić information content (AvgIpc) is 3.03. The summed E-state index contributed by atoms with van der Waals surface area (Å²) in [6.07, 6.45) is 2.10. The van der Waals surface area contributed by atoms with Crippen molar-refractivity contribution in [1.29, 1.82) is 0 Å². The molecule has 0 spiro atoms. The van der Waals surface area contributed by atoms with Crippen LogP contribution in [-0.2, 0) is 6.42 Å². The maximum atomic E-state index is 12.8. The van der Waals surface area contributed by atoms with Crippen molar-refractivity contribution in [2.45, 2.75) is 26.2 Å². The molecule has 0 saturated carbocycles. The predicted octanol–water partition coefficient (Wildman–Crippen LogP) is 2.78. The minimum atomic E-state index is -0.417. The molecule has 0 fully saturated rings. The molecule has 0 aliphatic carbocycles. The fraction of sp³-hybridized carbons (Fsp3) is 0.217. The van der Waals surface area contributed by atoms with Gasteiger partial charge >= 0.3 is 0 Å². The van der Waals surface area contributed by atoms with Gasteiger partial charge in [-0.15, -0.1) is 0 Å². The van der Waals surface area contributed by atoms with Crippen molar-refractivity contribution in [3.05, 3.63) is 96.2 Å². The number of fused-ring (bicyclic) bond motifs is 1. The summed E-state index contributed by atoms with van der Waals surface area (Å²) in [5.74, 6) is 1.18. The molecule has 0 atom stereocenters. The second-order valence-electron chi connectivity index (χ2n) is 7.32. The van der Waals surface area contributed by atoms with Gasteiger partial charge in [0.1, 0.15) is 11.4 Å². The third-order valence-corrected chi connectivity index (χ3v) is 5.84. The zero-order chi connectivity index (χ0) is 21.3. The van der Waals surface area contributed by atoms with E-state index < -0.39 is 5.56 Å². The Labute approximate surface area is 177 Å². The first-order valence-corrected chi connectivity index (χ1v) is 10.4. The van der Waals surface area contributed by atoms with Gasteiger partial charge in [-0.25, -0.2) is 0 Å². The summed E-state index contributed by atoms with van der Waals surface area (Å²) >= 11 is 1.17. The molecule has 0 aliphatic rings. The van der Waals surface area contributed by atoms with E-state index in [9.17, 15) is 9.59 Å². The van der Waals surface area contributed by atoms with Gasteiger partial charge in [0.15, 0.2) is 0 Å². The lowest BCUT2D eigenvalue weighted by Gasteiger charge is -2.04. The van der Waals surface area contributed by atoms with E-state index >= 15 is 0 Å². The fourth-order valence-electron chi connectivity index (χ4n) is 3.12. The number of nitrogens with zero attached hydrogens (tertiary/aromatic N) is 3. The van der Waals surface area contributed by atoms with Crippen molar-refractivity contribution in [1.82, 2.24) is 14.6 Å². The highest BCUT2D eigenvalue weighted by Gasteiger charge is 2.12. The van der Waals surface area contributed by atoms with Crippen molar-refractivity contribution in [3.63, 3.8) is 0 Å². The number of rotatable bonds is 5. The number of aromatic nitrogens is 3. The monoisotopic (exact) mass is 419 g/mol. The fourth-order valence-corrected chi connectivity index (χ4v) is 4.02. The Morgan fingerprint density at radius 1 is 1.07 bits per heavy atom. The molecule has 4 aromatic rings. The van der Waals surface area contributed by atoms with Crippen LogP contribution in [0.1, 0.15) is 42.1 Å². The van der Waals surface area contributed by atoms with E-state index in [1.807, 2.05) is 36.4 Å². The van der Waals surface area contributed by atoms with E-state index in [1.165, 1.54) is 21.4 Å². The van der Waals surface area contributed by atoms with Crippen LogP contribution in [0.25, 0.3) is 11.0 Å². The first-order chi connectivity index (χ1) is 14.4. The highest BCUT2D eigenvalue weighted by molar-refractivity contribution is 7.15. The summed E-state index contributed by atoms with van der Waals surface area (Å²) in [7, 11) is 1.60. The summed E-state index contributed by atoms with van der Waals surface area (Å²) in [5, 5.41) is 4.30. The van der Waals surface area contributed by atoms with E-state index in [0.29, 0.717) is 21.8 Å². The molecule has 6 nitrogen and oxygen atoms in total. The summed E-state index contributed by atoms with van der Waals surface area (Å²) in [6.45, 7) is 4.27. The second-order valence-corrected chi connectivity index (χ2v) is 8.33. The third kappa shape index (κ3) is 4.02. The molecule has 0 amide bonds. The number of hydrogen-bond donors (Lipinski definition) is 0. The topological polar surface area (TPSA) is 73.6 Å². The van der Waals surface area contributed by atoms with Gasteiger partial charge in [-0.2, -0.15) is 14.6 Å². The number of thiazole rings is 1. The Kier molecular flexibility index (Phi) is 5.46. The molecular formula is C23H21N3O3S. The molecule has 2 aromatic carbocycles. The largest absolute Gasteiger partial charge is 0.497 e. The van der Waals surface area contributed by atoms with Gasteiger partial charge in [0.05, 0.1) is 11.6 Å². The first kappa shape index (κ1) is 20.0. The highest BCUT2D eigenvalue weighted by atomic mass is 32.1. The summed E-state index contributed by atoms with van der Waals surface area (Å²) in [4.78, 5) is 29.6. The molecule has 0 radical (unpaired) electrons. The van der Waals surface area contributed by atoms with Crippen molar-refractivity contribution < 1.29 is 4.74 Å². The molecule has 0 saturated heterocycles. The molecule has 2 aromatic heterocycles. The van der Waals surface area contributed by atoms with Crippen LogP contribution in [0.5, 0.6) is 5.75 Å². The van der Waals surface area contributed by atoms with E-state index in [1.54, 1.807) is 13.2 Å². The molecule has 4 rings (SSSR count). The number of benzene rings is 2. The molecule has 0 bridgehead atoms. The lowest BCUT2D eigenvalue weighted by atomic mass is 10.0. The van der Waals surface area contributed by atoms with Gasteiger partial charge in [0.25, 0.3) is 11.1 Å². The van der Waals surface area contributed by atoms with Crippen LogP contribution in [0.2, 0.25) is 0 Å². The smallest absolute Gasteiger partial charge is 0.296 e. The zero-order valence-electron chi connectivity index (χ0n) is 17.0. The van der Waals surface area contributed by atoms with E-state index in [0.717, 1.165) is 16.9 Å². The van der Waals surface area contributed by atoms with Crippen LogP contribution in [0.3, 0.4) is 0 Å². The van der Waals surface area contributed by atoms with Crippen LogP contribution < -0.4 is 20.4 Å². The predicted molar refractivity (Wildman–Crippen MR) is 119 cm³/mol. The number of hydrogen-bond acceptors (Lipinski definition) is 6. The van der Waals surface area contributed by atoms with Gasteiger partial charge < -0.3 is 4.74 Å². The summed E-state index contributed by atoms with van der Waals surface area (Å²) in [5.41, 5.74) is 2.60. The quantitative estimate of drug-likeness (QED) is 0.497. The Hall–Kier alpha value is -3.32. The molecule has 0 N–H and O–H groups in total. The Balaban J connectivity index is 1.71. The van der Waals surface area contributed by atoms with Crippen LogP contribution in [0.4, 0.5) is 0 Å². The normalized spacial score (nSPS) is 12.1. The average molecular weight is 420 g/mol. The minimum Gasteiger partial charge on any atom is -0.497 e. The molecule has 0 aliphatic heterocycles. The van der Waals surface area contributed by atoms with Crippen LogP contribution in [0.15, 0.2) is 58.1 Å². The van der Waals surface area contributed by atoms with Gasteiger partial charge in [-0.05, 0) is 40.8 Å². The minimum absolute atomic E-state index is 0.236. The van der Waals surface area contributed by atoms with Gasteiger partial charge in [0.2, 0.25) is 4.96 Å². The highest BCUT2D eigenvalue weighted by Crippen LogP contribution is 2.15. The van der Waals surface area contributed by atoms with E-state index in [4.69, 9.17) is 4.74 Å². The molecule has 0 unspecified atom stereocenters. The molecule has 152 valence electrons. The Morgan fingerprint density at radius 2 is 1.77 bits per heavy atom. The van der Waals surface area contributed by atoms with Crippen molar-refractivity contribution in [3.8, 4) is 5.75 Å². The zero-order valence-corrected chi connectivity index (χ0v) is 17.8. The Morgan fingerprint density at radius 3 is 2.40 bits per heavy atom. The van der Waals surface area contributed by atoms with E-state index in [2.05, 4.69) is 36.1 Å². The second kappa shape index (κ2) is 8.20. The Bertz CT molecular complexity index is 1350. The maximum Gasteiger partial charge on any atom is 0.296 e. The molecule has 2 heterocycles.